The summed E-state index contributed by atoms with van der Waals surface area (Å²) in [6, 6.07) is 5.36. The summed E-state index contributed by atoms with van der Waals surface area (Å²) >= 11 is 0. The zero-order valence-corrected chi connectivity index (χ0v) is 10.9. The van der Waals surface area contributed by atoms with E-state index >= 15 is 0 Å². The van der Waals surface area contributed by atoms with Gasteiger partial charge in [0.2, 0.25) is 0 Å². The Morgan fingerprint density at radius 2 is 2.17 bits per heavy atom. The second-order valence-electron chi connectivity index (χ2n) is 3.81. The number of ether oxygens (including phenoxy) is 2. The number of hydrogen-bond donors (Lipinski definition) is 2. The Hall–Kier alpha value is -1.91. The van der Waals surface area contributed by atoms with Gasteiger partial charge in [-0.15, -0.1) is 0 Å². The van der Waals surface area contributed by atoms with E-state index in [2.05, 4.69) is 5.32 Å². The van der Waals surface area contributed by atoms with Crippen LogP contribution in [-0.2, 0) is 6.42 Å². The zero-order chi connectivity index (χ0) is 13.4. The molecule has 0 aliphatic rings. The molecule has 0 unspecified atom stereocenters. The SMILES string of the molecule is CCOc1cc(CCCNC(N)=O)ccc1OC. The molecule has 5 heteroatoms. The molecule has 0 aliphatic heterocycles. The van der Waals surface area contributed by atoms with E-state index in [4.69, 9.17) is 15.2 Å². The highest BCUT2D eigenvalue weighted by molar-refractivity contribution is 5.71. The molecule has 0 aliphatic carbocycles. The number of hydrogen-bond acceptors (Lipinski definition) is 3. The van der Waals surface area contributed by atoms with Crippen LogP contribution in [0.5, 0.6) is 11.5 Å². The first kappa shape index (κ1) is 14.2. The van der Waals surface area contributed by atoms with E-state index in [0.29, 0.717) is 13.2 Å². The topological polar surface area (TPSA) is 73.6 Å². The summed E-state index contributed by atoms with van der Waals surface area (Å²) in [4.78, 5) is 10.5. The van der Waals surface area contributed by atoms with Crippen LogP contribution in [0.1, 0.15) is 18.9 Å². The molecule has 0 bridgehead atoms. The van der Waals surface area contributed by atoms with Gasteiger partial charge in [0, 0.05) is 6.54 Å². The molecule has 0 saturated heterocycles. The molecule has 0 saturated carbocycles. The fraction of sp³-hybridized carbons (Fsp3) is 0.462. The molecular formula is C13H20N2O3. The largest absolute Gasteiger partial charge is 0.493 e. The molecule has 100 valence electrons. The van der Waals surface area contributed by atoms with Crippen LogP contribution >= 0.6 is 0 Å². The van der Waals surface area contributed by atoms with Crippen molar-refractivity contribution >= 4 is 6.03 Å². The highest BCUT2D eigenvalue weighted by atomic mass is 16.5. The van der Waals surface area contributed by atoms with Gasteiger partial charge >= 0.3 is 6.03 Å². The molecule has 1 aromatic rings. The Morgan fingerprint density at radius 3 is 2.78 bits per heavy atom. The van der Waals surface area contributed by atoms with Crippen LogP contribution in [-0.4, -0.2) is 26.3 Å². The maximum atomic E-state index is 10.5. The van der Waals surface area contributed by atoms with E-state index in [1.165, 1.54) is 0 Å². The van der Waals surface area contributed by atoms with Crippen LogP contribution in [0.4, 0.5) is 4.79 Å². The zero-order valence-electron chi connectivity index (χ0n) is 10.9. The average Bonchev–Trinajstić information content (AvgIpc) is 2.35. The fourth-order valence-corrected chi connectivity index (χ4v) is 1.65. The number of aryl methyl sites for hydroxylation is 1. The summed E-state index contributed by atoms with van der Waals surface area (Å²) in [6.45, 7) is 3.11. The highest BCUT2D eigenvalue weighted by Crippen LogP contribution is 2.28. The maximum Gasteiger partial charge on any atom is 0.312 e. The average molecular weight is 252 g/mol. The standard InChI is InChI=1S/C13H20N2O3/c1-3-18-12-9-10(6-7-11(12)17-2)5-4-8-15-13(14)16/h6-7,9H,3-5,8H2,1-2H3,(H3,14,15,16). The molecule has 3 N–H and O–H groups in total. The van der Waals surface area contributed by atoms with Crippen LogP contribution in [0.2, 0.25) is 0 Å². The van der Waals surface area contributed by atoms with Crippen LogP contribution in [0.3, 0.4) is 0 Å². The number of carbonyl (C=O) groups excluding carboxylic acids is 1. The van der Waals surface area contributed by atoms with Gasteiger partial charge in [-0.25, -0.2) is 4.79 Å². The lowest BCUT2D eigenvalue weighted by Crippen LogP contribution is -2.30. The predicted molar refractivity (Wildman–Crippen MR) is 70.1 cm³/mol. The van der Waals surface area contributed by atoms with E-state index < -0.39 is 6.03 Å². The summed E-state index contributed by atoms with van der Waals surface area (Å²) in [7, 11) is 1.62. The van der Waals surface area contributed by atoms with Crippen molar-refractivity contribution in [2.75, 3.05) is 20.3 Å². The molecule has 1 rings (SSSR count). The van der Waals surface area contributed by atoms with Crippen molar-refractivity contribution in [3.05, 3.63) is 23.8 Å². The van der Waals surface area contributed by atoms with Crippen molar-refractivity contribution < 1.29 is 14.3 Å². The number of rotatable bonds is 7. The van der Waals surface area contributed by atoms with Crippen molar-refractivity contribution in [1.82, 2.24) is 5.32 Å². The lowest BCUT2D eigenvalue weighted by molar-refractivity contribution is 0.249. The first-order chi connectivity index (χ1) is 8.67. The minimum atomic E-state index is -0.486. The Morgan fingerprint density at radius 1 is 1.39 bits per heavy atom. The van der Waals surface area contributed by atoms with Gasteiger partial charge < -0.3 is 20.5 Å². The lowest BCUT2D eigenvalue weighted by atomic mass is 10.1. The third-order valence-electron chi connectivity index (χ3n) is 2.47. The molecular weight excluding hydrogens is 232 g/mol. The summed E-state index contributed by atoms with van der Waals surface area (Å²) in [5, 5.41) is 2.56. The first-order valence-corrected chi connectivity index (χ1v) is 6.00. The molecule has 0 aromatic heterocycles. The van der Waals surface area contributed by atoms with Gasteiger partial charge in [0.05, 0.1) is 13.7 Å². The normalized spacial score (nSPS) is 9.89. The number of nitrogens with one attached hydrogen (secondary N) is 1. The van der Waals surface area contributed by atoms with Crippen molar-refractivity contribution in [1.29, 1.82) is 0 Å². The molecule has 0 spiro atoms. The van der Waals surface area contributed by atoms with Gasteiger partial charge in [-0.1, -0.05) is 6.07 Å². The van der Waals surface area contributed by atoms with Gasteiger partial charge in [-0.05, 0) is 37.5 Å². The molecule has 2 amide bonds. The third kappa shape index (κ3) is 4.53. The Labute approximate surface area is 107 Å². The molecule has 1 aromatic carbocycles. The number of carbonyl (C=O) groups is 1. The minimum Gasteiger partial charge on any atom is -0.493 e. The van der Waals surface area contributed by atoms with E-state index in [-0.39, 0.29) is 0 Å². The molecule has 0 radical (unpaired) electrons. The van der Waals surface area contributed by atoms with Gasteiger partial charge in [-0.3, -0.25) is 0 Å². The van der Waals surface area contributed by atoms with Crippen molar-refractivity contribution in [2.45, 2.75) is 19.8 Å². The van der Waals surface area contributed by atoms with Crippen LogP contribution in [0, 0.1) is 0 Å². The molecule has 5 nitrogen and oxygen atoms in total. The van der Waals surface area contributed by atoms with Crippen LogP contribution in [0.25, 0.3) is 0 Å². The molecule has 0 atom stereocenters. The molecule has 0 heterocycles. The maximum absolute atomic E-state index is 10.5. The van der Waals surface area contributed by atoms with E-state index in [1.54, 1.807) is 7.11 Å². The van der Waals surface area contributed by atoms with E-state index in [9.17, 15) is 4.79 Å². The number of benzene rings is 1. The quantitative estimate of drug-likeness (QED) is 0.725. The molecule has 18 heavy (non-hydrogen) atoms. The smallest absolute Gasteiger partial charge is 0.312 e. The lowest BCUT2D eigenvalue weighted by Gasteiger charge is -2.11. The van der Waals surface area contributed by atoms with Gasteiger partial charge in [0.15, 0.2) is 11.5 Å². The van der Waals surface area contributed by atoms with Crippen molar-refractivity contribution in [3.63, 3.8) is 0 Å². The fourth-order valence-electron chi connectivity index (χ4n) is 1.65. The minimum absolute atomic E-state index is 0.486. The highest BCUT2D eigenvalue weighted by Gasteiger charge is 2.05. The van der Waals surface area contributed by atoms with E-state index in [0.717, 1.165) is 29.9 Å². The Kier molecular flexibility index (Phi) is 5.84. The van der Waals surface area contributed by atoms with Gasteiger partial charge in [0.25, 0.3) is 0 Å². The number of amides is 2. The summed E-state index contributed by atoms with van der Waals surface area (Å²) in [6.07, 6.45) is 1.69. The molecule has 0 fully saturated rings. The Bertz CT molecular complexity index is 394. The Balaban J connectivity index is 2.55. The van der Waals surface area contributed by atoms with Crippen LogP contribution < -0.4 is 20.5 Å². The number of nitrogens with two attached hydrogens (primary N) is 1. The number of methoxy groups -OCH3 is 1. The predicted octanol–water partition coefficient (Wildman–Crippen LogP) is 1.69. The third-order valence-corrected chi connectivity index (χ3v) is 2.47. The summed E-state index contributed by atoms with van der Waals surface area (Å²) < 4.78 is 10.7. The van der Waals surface area contributed by atoms with E-state index in [1.807, 2.05) is 25.1 Å². The second-order valence-corrected chi connectivity index (χ2v) is 3.81. The first-order valence-electron chi connectivity index (χ1n) is 6.00. The second kappa shape index (κ2) is 7.42. The monoisotopic (exact) mass is 252 g/mol. The summed E-state index contributed by atoms with van der Waals surface area (Å²) in [5.41, 5.74) is 6.13. The van der Waals surface area contributed by atoms with Crippen molar-refractivity contribution in [2.24, 2.45) is 5.73 Å². The van der Waals surface area contributed by atoms with Crippen LogP contribution in [0.15, 0.2) is 18.2 Å². The number of primary amides is 1. The van der Waals surface area contributed by atoms with Gasteiger partial charge in [-0.2, -0.15) is 0 Å². The number of urea groups is 1. The van der Waals surface area contributed by atoms with Crippen molar-refractivity contribution in [3.8, 4) is 11.5 Å². The summed E-state index contributed by atoms with van der Waals surface area (Å²) in [5.74, 6) is 1.48. The van der Waals surface area contributed by atoms with Gasteiger partial charge in [0.1, 0.15) is 0 Å².